The van der Waals surface area contributed by atoms with E-state index in [0.29, 0.717) is 63.0 Å². The number of carbonyl (C=O) groups is 8. The van der Waals surface area contributed by atoms with Crippen molar-refractivity contribution in [1.82, 2.24) is 41.7 Å². The van der Waals surface area contributed by atoms with E-state index in [1.807, 2.05) is 72.8 Å². The van der Waals surface area contributed by atoms with Gasteiger partial charge in [0.25, 0.3) is 0 Å². The van der Waals surface area contributed by atoms with Gasteiger partial charge in [-0.3, -0.25) is 40.4 Å². The van der Waals surface area contributed by atoms with Crippen molar-refractivity contribution in [1.29, 1.82) is 0 Å². The number of nitrogens with one attached hydrogen (secondary N) is 6. The number of alkyl carbamates (subject to hydrolysis) is 4. The number of aliphatic imine (C=N–C) groups is 2. The fraction of sp³-hybridized carbons (Fsp3) is 0.281. The Morgan fingerprint density at radius 3 is 0.977 bits per heavy atom. The Balaban J connectivity index is 0.754. The number of hydrogen-bond acceptors (Lipinski definition) is 14. The number of rotatable bonds is 21. The average Bonchev–Trinajstić information content (AvgIpc) is 3.72. The van der Waals surface area contributed by atoms with E-state index in [1.165, 1.54) is 0 Å². The van der Waals surface area contributed by atoms with Crippen molar-refractivity contribution >= 4 is 71.3 Å². The molecule has 2 unspecified atom stereocenters. The van der Waals surface area contributed by atoms with E-state index in [2.05, 4.69) is 41.9 Å². The van der Waals surface area contributed by atoms with E-state index in [4.69, 9.17) is 18.9 Å². The molecular formula is C64H68N10O12. The van der Waals surface area contributed by atoms with Gasteiger partial charge in [-0.15, -0.1) is 0 Å². The van der Waals surface area contributed by atoms with Gasteiger partial charge in [0, 0.05) is 39.0 Å². The zero-order chi connectivity index (χ0) is 60.3. The minimum atomic E-state index is -0.851. The van der Waals surface area contributed by atoms with Crippen molar-refractivity contribution in [3.8, 4) is 0 Å². The van der Waals surface area contributed by atoms with E-state index in [-0.39, 0.29) is 87.9 Å². The molecule has 6 aromatic rings. The molecule has 8 amide bonds. The second kappa shape index (κ2) is 32.5. The lowest BCUT2D eigenvalue weighted by Crippen LogP contribution is -2.52. The number of guanidine groups is 2. The first-order valence-electron chi connectivity index (χ1n) is 28.3. The molecule has 6 N–H and O–H groups in total. The molecule has 6 aromatic carbocycles. The Morgan fingerprint density at radius 2 is 0.686 bits per heavy atom. The van der Waals surface area contributed by atoms with Crippen molar-refractivity contribution in [2.24, 2.45) is 9.98 Å². The maximum Gasteiger partial charge on any atom is 0.414 e. The molecule has 0 aliphatic carbocycles. The van der Waals surface area contributed by atoms with Gasteiger partial charge < -0.3 is 39.4 Å². The van der Waals surface area contributed by atoms with Gasteiger partial charge in [-0.2, -0.15) is 0 Å². The molecule has 8 rings (SSSR count). The highest BCUT2D eigenvalue weighted by molar-refractivity contribution is 6.03. The molecule has 2 fully saturated rings. The summed E-state index contributed by atoms with van der Waals surface area (Å²) in [6.07, 6.45) is -0.0966. The third-order valence-electron chi connectivity index (χ3n) is 13.6. The molecule has 22 heteroatoms. The van der Waals surface area contributed by atoms with Crippen LogP contribution >= 0.6 is 0 Å². The lowest BCUT2D eigenvalue weighted by molar-refractivity contribution is -0.139. The first-order chi connectivity index (χ1) is 41.9. The van der Waals surface area contributed by atoms with Crippen LogP contribution in [0.1, 0.15) is 84.7 Å². The summed E-state index contributed by atoms with van der Waals surface area (Å²) in [5, 5.41) is 15.6. The number of ether oxygens (including phenoxy) is 4. The maximum absolute atomic E-state index is 13.6. The van der Waals surface area contributed by atoms with Gasteiger partial charge in [-0.05, 0) is 96.2 Å². The third-order valence-corrected chi connectivity index (χ3v) is 13.6. The summed E-state index contributed by atoms with van der Waals surface area (Å²) in [7, 11) is 0. The SMILES string of the molecule is O=C(CCCCC(=O)NC1CCCN(Cc2ccc(N=C(NC(=O)OCc3ccccc3)NC(=O)OCc3ccccc3)cc2)C1=O)NC1CCCN(Cc2ccc(N=C(NC(=O)OCc3ccccc3)NC(=O)OCc3ccccc3)cc2)C1=O. The van der Waals surface area contributed by atoms with E-state index in [1.54, 1.807) is 107 Å². The zero-order valence-corrected chi connectivity index (χ0v) is 47.3. The molecule has 2 heterocycles. The van der Waals surface area contributed by atoms with Gasteiger partial charge in [0.1, 0.15) is 38.5 Å². The summed E-state index contributed by atoms with van der Waals surface area (Å²) in [4.78, 5) is 117. The smallest absolute Gasteiger partial charge is 0.414 e. The van der Waals surface area contributed by atoms with Gasteiger partial charge >= 0.3 is 24.4 Å². The number of hydrogen-bond donors (Lipinski definition) is 6. The minimum Gasteiger partial charge on any atom is -0.444 e. The Labute approximate surface area is 497 Å². The third kappa shape index (κ3) is 20.8. The quantitative estimate of drug-likeness (QED) is 0.0171. The number of likely N-dealkylation sites (tertiary alicyclic amines) is 2. The molecule has 2 saturated heterocycles. The summed E-state index contributed by atoms with van der Waals surface area (Å²) in [6, 6.07) is 48.7. The van der Waals surface area contributed by atoms with Gasteiger partial charge in [0.05, 0.1) is 11.4 Å². The largest absolute Gasteiger partial charge is 0.444 e. The summed E-state index contributed by atoms with van der Waals surface area (Å²) >= 11 is 0. The van der Waals surface area contributed by atoms with Crippen molar-refractivity contribution in [2.75, 3.05) is 13.1 Å². The van der Waals surface area contributed by atoms with Gasteiger partial charge in [-0.1, -0.05) is 146 Å². The fourth-order valence-corrected chi connectivity index (χ4v) is 9.22. The van der Waals surface area contributed by atoms with Crippen molar-refractivity contribution in [2.45, 2.75) is 103 Å². The molecule has 0 aromatic heterocycles. The van der Waals surface area contributed by atoms with Crippen LogP contribution in [0.4, 0.5) is 30.6 Å². The Hall–Kier alpha value is -10.4. The molecule has 2 aliphatic heterocycles. The van der Waals surface area contributed by atoms with Gasteiger partial charge in [-0.25, -0.2) is 29.2 Å². The molecule has 86 heavy (non-hydrogen) atoms. The highest BCUT2D eigenvalue weighted by atomic mass is 16.6. The predicted octanol–water partition coefficient (Wildman–Crippen LogP) is 8.84. The molecule has 0 saturated carbocycles. The van der Waals surface area contributed by atoms with Crippen LogP contribution in [0.25, 0.3) is 0 Å². The molecule has 22 nitrogen and oxygen atoms in total. The minimum absolute atomic E-state index is 0.0113. The van der Waals surface area contributed by atoms with Crippen LogP contribution in [0, 0.1) is 0 Å². The van der Waals surface area contributed by atoms with Crippen LogP contribution in [0.3, 0.4) is 0 Å². The average molecular weight is 1170 g/mol. The molecule has 0 bridgehead atoms. The van der Waals surface area contributed by atoms with E-state index in [0.717, 1.165) is 33.4 Å². The molecule has 2 atom stereocenters. The van der Waals surface area contributed by atoms with Crippen LogP contribution in [0.15, 0.2) is 180 Å². The van der Waals surface area contributed by atoms with Crippen LogP contribution in [-0.2, 0) is 77.6 Å². The number of carbonyl (C=O) groups excluding carboxylic acids is 8. The van der Waals surface area contributed by atoms with Gasteiger partial charge in [0.2, 0.25) is 35.5 Å². The first-order valence-corrected chi connectivity index (χ1v) is 28.3. The number of piperidine rings is 2. The van der Waals surface area contributed by atoms with Crippen molar-refractivity contribution in [3.63, 3.8) is 0 Å². The van der Waals surface area contributed by atoms with E-state index < -0.39 is 36.5 Å². The summed E-state index contributed by atoms with van der Waals surface area (Å²) in [6.45, 7) is 1.47. The standard InChI is InChI=1S/C64H68N10O12/c75-55(67-53-25-15-37-73(57(53)77)39-45-29-33-51(34-30-45)65-59(69-61(79)83-41-47-17-5-1-6-18-47)70-62(80)84-42-48-19-7-2-8-20-48)27-13-14-28-56(76)68-54-26-16-38-74(58(54)78)40-46-31-35-52(36-32-46)66-60(71-63(81)85-43-49-21-9-3-10-22-49)72-64(82)86-44-50-23-11-4-12-24-50/h1-12,17-24,29-36,53-54H,13-16,25-28,37-44H2,(H,67,75)(H,68,76)(H2,65,69,70,79,80)(H2,66,71,72,81,82). The second-order valence-electron chi connectivity index (χ2n) is 20.3. The van der Waals surface area contributed by atoms with Crippen LogP contribution < -0.4 is 31.9 Å². The van der Waals surface area contributed by atoms with Crippen LogP contribution in [0.2, 0.25) is 0 Å². The Kier molecular flexibility index (Phi) is 23.3. The summed E-state index contributed by atoms with van der Waals surface area (Å²) in [5.74, 6) is -1.48. The van der Waals surface area contributed by atoms with Crippen molar-refractivity contribution in [3.05, 3.63) is 203 Å². The molecule has 0 spiro atoms. The molecule has 0 radical (unpaired) electrons. The molecular weight excluding hydrogens is 1100 g/mol. The summed E-state index contributed by atoms with van der Waals surface area (Å²) in [5.41, 5.74) is 5.38. The lowest BCUT2D eigenvalue weighted by atomic mass is 10.0. The molecule has 446 valence electrons. The monoisotopic (exact) mass is 1170 g/mol. The number of benzene rings is 6. The summed E-state index contributed by atoms with van der Waals surface area (Å²) < 4.78 is 21.3. The maximum atomic E-state index is 13.6. The predicted molar refractivity (Wildman–Crippen MR) is 318 cm³/mol. The van der Waals surface area contributed by atoms with E-state index in [9.17, 15) is 38.4 Å². The highest BCUT2D eigenvalue weighted by Gasteiger charge is 2.31. The van der Waals surface area contributed by atoms with Crippen LogP contribution in [-0.4, -0.2) is 94.9 Å². The topological polar surface area (TPSA) is 277 Å². The number of nitrogens with zero attached hydrogens (tertiary/aromatic N) is 4. The zero-order valence-electron chi connectivity index (χ0n) is 47.3. The van der Waals surface area contributed by atoms with Crippen LogP contribution in [0.5, 0.6) is 0 Å². The Morgan fingerprint density at radius 1 is 0.395 bits per heavy atom. The molecule has 2 aliphatic rings. The van der Waals surface area contributed by atoms with E-state index >= 15 is 0 Å². The first kappa shape index (κ1) is 61.7. The van der Waals surface area contributed by atoms with Gasteiger partial charge in [0.15, 0.2) is 0 Å². The lowest BCUT2D eigenvalue weighted by Gasteiger charge is -2.33. The second-order valence-corrected chi connectivity index (χ2v) is 20.3. The normalized spacial score (nSPS) is 14.5. The number of amides is 8. The Bertz CT molecular complexity index is 2960. The number of unbranched alkanes of at least 4 members (excludes halogenated alkanes) is 1. The van der Waals surface area contributed by atoms with Crippen molar-refractivity contribution < 1.29 is 57.3 Å². The fourth-order valence-electron chi connectivity index (χ4n) is 9.22. The highest BCUT2D eigenvalue weighted by Crippen LogP contribution is 2.21.